The van der Waals surface area contributed by atoms with Gasteiger partial charge in [-0.2, -0.15) is 5.10 Å². The molecular weight excluding hydrogens is 150 g/mol. The van der Waals surface area contributed by atoms with Gasteiger partial charge in [0.05, 0.1) is 6.54 Å². The minimum atomic E-state index is -2.34. The van der Waals surface area contributed by atoms with Gasteiger partial charge in [0.15, 0.2) is 0 Å². The highest BCUT2D eigenvalue weighted by atomic mass is 19.3. The number of hydrogen-bond acceptors (Lipinski definition) is 2. The third kappa shape index (κ3) is 9.33. The van der Waals surface area contributed by atoms with E-state index >= 15 is 0 Å². The normalized spacial score (nSPS) is 12.9. The minimum absolute atomic E-state index is 0.0604. The van der Waals surface area contributed by atoms with Crippen molar-refractivity contribution in [3.63, 3.8) is 0 Å². The van der Waals surface area contributed by atoms with Crippen molar-refractivity contribution in [3.8, 4) is 0 Å². The van der Waals surface area contributed by atoms with Crippen LogP contribution in [0.1, 0.15) is 20.8 Å². The summed E-state index contributed by atoms with van der Waals surface area (Å²) in [5, 5.41) is 3.63. The second-order valence-corrected chi connectivity index (χ2v) is 3.38. The van der Waals surface area contributed by atoms with Crippen molar-refractivity contribution in [3.05, 3.63) is 0 Å². The van der Waals surface area contributed by atoms with Crippen molar-refractivity contribution in [1.29, 1.82) is 0 Å². The number of hydrogen-bond donors (Lipinski definition) is 1. The predicted molar refractivity (Wildman–Crippen MR) is 42.0 cm³/mol. The van der Waals surface area contributed by atoms with E-state index in [1.807, 2.05) is 20.8 Å². The van der Waals surface area contributed by atoms with Crippen molar-refractivity contribution in [1.82, 2.24) is 5.43 Å². The van der Waals surface area contributed by atoms with Crippen molar-refractivity contribution >= 4 is 6.21 Å². The maximum atomic E-state index is 11.5. The highest BCUT2D eigenvalue weighted by Gasteiger charge is 2.05. The van der Waals surface area contributed by atoms with E-state index in [9.17, 15) is 8.78 Å². The minimum Gasteiger partial charge on any atom is -0.305 e. The number of nitrogens with one attached hydrogen (secondary N) is 1. The number of halogens is 2. The molecule has 0 aromatic carbocycles. The van der Waals surface area contributed by atoms with Gasteiger partial charge in [-0.15, -0.1) is 0 Å². The third-order valence-corrected chi connectivity index (χ3v) is 0.789. The number of alkyl halides is 2. The Labute approximate surface area is 65.7 Å². The number of hydrazone groups is 1. The standard InChI is InChI=1S/C7H14F2N2/c1-7(2,3)5-11-10-4-6(8)9/h5-6,10H,4H2,1-3H3/b11-5+. The molecule has 0 unspecified atom stereocenters. The molecule has 4 heteroatoms. The third-order valence-electron chi connectivity index (χ3n) is 0.789. The summed E-state index contributed by atoms with van der Waals surface area (Å²) in [5.74, 6) is 0. The van der Waals surface area contributed by atoms with E-state index in [1.165, 1.54) is 0 Å². The van der Waals surface area contributed by atoms with Crippen molar-refractivity contribution in [2.45, 2.75) is 27.2 Å². The topological polar surface area (TPSA) is 24.4 Å². The van der Waals surface area contributed by atoms with E-state index in [4.69, 9.17) is 0 Å². The lowest BCUT2D eigenvalue weighted by Crippen LogP contribution is -2.17. The first-order chi connectivity index (χ1) is 4.92. The first-order valence-electron chi connectivity index (χ1n) is 3.47. The Morgan fingerprint density at radius 2 is 2.00 bits per heavy atom. The molecule has 0 aliphatic heterocycles. The smallest absolute Gasteiger partial charge is 0.257 e. The molecule has 0 saturated heterocycles. The molecule has 0 aromatic rings. The molecular formula is C7H14F2N2. The molecule has 0 aliphatic rings. The molecule has 0 aromatic heterocycles. The summed E-state index contributed by atoms with van der Waals surface area (Å²) in [5.41, 5.74) is 2.20. The lowest BCUT2D eigenvalue weighted by atomic mass is 9.99. The van der Waals surface area contributed by atoms with Gasteiger partial charge >= 0.3 is 0 Å². The molecule has 0 rings (SSSR count). The average molecular weight is 164 g/mol. The van der Waals surface area contributed by atoms with Crippen LogP contribution < -0.4 is 5.43 Å². The highest BCUT2D eigenvalue weighted by Crippen LogP contribution is 2.07. The van der Waals surface area contributed by atoms with Gasteiger partial charge in [0, 0.05) is 6.21 Å². The molecule has 2 nitrogen and oxygen atoms in total. The molecule has 0 bridgehead atoms. The van der Waals surface area contributed by atoms with Crippen LogP contribution in [0.5, 0.6) is 0 Å². The van der Waals surface area contributed by atoms with Gasteiger partial charge in [0.2, 0.25) is 0 Å². The average Bonchev–Trinajstić information content (AvgIpc) is 1.78. The van der Waals surface area contributed by atoms with Gasteiger partial charge in [-0.25, -0.2) is 8.78 Å². The fourth-order valence-corrected chi connectivity index (χ4v) is 0.361. The summed E-state index contributed by atoms with van der Waals surface area (Å²) in [7, 11) is 0. The van der Waals surface area contributed by atoms with Crippen molar-refractivity contribution in [2.75, 3.05) is 6.54 Å². The fraction of sp³-hybridized carbons (Fsp3) is 0.857. The summed E-state index contributed by atoms with van der Waals surface area (Å²) < 4.78 is 23.0. The zero-order valence-corrected chi connectivity index (χ0v) is 7.06. The summed E-state index contributed by atoms with van der Waals surface area (Å²) in [6.45, 7) is 5.45. The Morgan fingerprint density at radius 3 is 2.36 bits per heavy atom. The molecule has 0 amide bonds. The quantitative estimate of drug-likeness (QED) is 0.499. The van der Waals surface area contributed by atoms with Gasteiger partial charge in [-0.3, -0.25) is 0 Å². The molecule has 0 saturated carbocycles. The molecule has 66 valence electrons. The maximum Gasteiger partial charge on any atom is 0.257 e. The molecule has 0 fully saturated rings. The van der Waals surface area contributed by atoms with E-state index in [1.54, 1.807) is 6.21 Å². The van der Waals surface area contributed by atoms with Crippen molar-refractivity contribution in [2.24, 2.45) is 10.5 Å². The Bertz CT molecular complexity index is 127. The second-order valence-electron chi connectivity index (χ2n) is 3.38. The summed E-state index contributed by atoms with van der Waals surface area (Å²) in [6, 6.07) is 0. The highest BCUT2D eigenvalue weighted by molar-refractivity contribution is 5.63. The Morgan fingerprint density at radius 1 is 1.45 bits per heavy atom. The van der Waals surface area contributed by atoms with E-state index in [-0.39, 0.29) is 12.0 Å². The summed E-state index contributed by atoms with van der Waals surface area (Å²) in [6.07, 6.45) is -0.734. The molecule has 0 aliphatic carbocycles. The van der Waals surface area contributed by atoms with Gasteiger partial charge in [0.25, 0.3) is 6.43 Å². The Kier molecular flexibility index (Phi) is 4.00. The van der Waals surface area contributed by atoms with Crippen LogP contribution in [0.15, 0.2) is 5.10 Å². The first-order valence-corrected chi connectivity index (χ1v) is 3.47. The fourth-order valence-electron chi connectivity index (χ4n) is 0.361. The van der Waals surface area contributed by atoms with E-state index in [2.05, 4.69) is 10.5 Å². The molecule has 11 heavy (non-hydrogen) atoms. The van der Waals surface area contributed by atoms with Crippen LogP contribution >= 0.6 is 0 Å². The van der Waals surface area contributed by atoms with Crippen molar-refractivity contribution < 1.29 is 8.78 Å². The lowest BCUT2D eigenvalue weighted by Gasteiger charge is -2.09. The van der Waals surface area contributed by atoms with Gasteiger partial charge in [-0.05, 0) is 5.41 Å². The summed E-state index contributed by atoms with van der Waals surface area (Å²) in [4.78, 5) is 0. The van der Waals surface area contributed by atoms with Gasteiger partial charge in [0.1, 0.15) is 0 Å². The molecule has 0 radical (unpaired) electrons. The maximum absolute atomic E-state index is 11.5. The summed E-state index contributed by atoms with van der Waals surface area (Å²) >= 11 is 0. The number of nitrogens with zero attached hydrogens (tertiary/aromatic N) is 1. The number of rotatable bonds is 3. The Balaban J connectivity index is 3.46. The molecule has 0 heterocycles. The predicted octanol–water partition coefficient (Wildman–Crippen LogP) is 1.87. The van der Waals surface area contributed by atoms with Crippen LogP contribution in [0.3, 0.4) is 0 Å². The zero-order valence-electron chi connectivity index (χ0n) is 7.06. The van der Waals surface area contributed by atoms with Crippen LogP contribution in [0.4, 0.5) is 8.78 Å². The van der Waals surface area contributed by atoms with Crippen LogP contribution in [-0.4, -0.2) is 19.2 Å². The van der Waals surface area contributed by atoms with Crippen LogP contribution in [0.2, 0.25) is 0 Å². The van der Waals surface area contributed by atoms with E-state index < -0.39 is 6.43 Å². The second kappa shape index (κ2) is 4.26. The van der Waals surface area contributed by atoms with E-state index in [0.717, 1.165) is 0 Å². The monoisotopic (exact) mass is 164 g/mol. The van der Waals surface area contributed by atoms with E-state index in [0.29, 0.717) is 0 Å². The van der Waals surface area contributed by atoms with Gasteiger partial charge in [-0.1, -0.05) is 20.8 Å². The Hall–Kier alpha value is -0.670. The molecule has 0 spiro atoms. The van der Waals surface area contributed by atoms with Crippen LogP contribution in [0.25, 0.3) is 0 Å². The molecule has 0 atom stereocenters. The van der Waals surface area contributed by atoms with Crippen LogP contribution in [-0.2, 0) is 0 Å². The molecule has 1 N–H and O–H groups in total. The SMILES string of the molecule is CC(C)(C)/C=N/NCC(F)F. The van der Waals surface area contributed by atoms with Gasteiger partial charge < -0.3 is 5.43 Å². The lowest BCUT2D eigenvalue weighted by molar-refractivity contribution is 0.146. The van der Waals surface area contributed by atoms with Crippen LogP contribution in [0, 0.1) is 5.41 Å². The largest absolute Gasteiger partial charge is 0.305 e. The first kappa shape index (κ1) is 10.3. The zero-order chi connectivity index (χ0) is 8.91.